The Balaban J connectivity index is 5.95. The zero-order valence-electron chi connectivity index (χ0n) is 10.6. The maximum Gasteiger partial charge on any atom is 0.199 e. The first-order valence-corrected chi connectivity index (χ1v) is 10.2. The Morgan fingerprint density at radius 3 is 1.79 bits per heavy atom. The lowest BCUT2D eigenvalue weighted by Crippen LogP contribution is -2.05. The van der Waals surface area contributed by atoms with Gasteiger partial charge >= 0.3 is 0 Å². The minimum Gasteiger partial charge on any atom is -0.224 e. The molecule has 0 bridgehead atoms. The van der Waals surface area contributed by atoms with Gasteiger partial charge in [-0.15, -0.1) is 0 Å². The van der Waals surface area contributed by atoms with E-state index in [0.717, 1.165) is 6.08 Å². The molecule has 0 aromatic carbocycles. The van der Waals surface area contributed by atoms with E-state index in [9.17, 15) is 25.3 Å². The van der Waals surface area contributed by atoms with E-state index in [1.165, 1.54) is 13.8 Å². The van der Waals surface area contributed by atoms with E-state index in [0.29, 0.717) is 16.2 Å². The summed E-state index contributed by atoms with van der Waals surface area (Å²) in [5.41, 5.74) is 0. The minimum absolute atomic E-state index is 0.217. The molecule has 19 heavy (non-hydrogen) atoms. The topological polar surface area (TPSA) is 102 Å². The Morgan fingerprint density at radius 2 is 1.42 bits per heavy atom. The highest BCUT2D eigenvalue weighted by Gasteiger charge is 2.16. The van der Waals surface area contributed by atoms with Gasteiger partial charge in [0, 0.05) is 16.2 Å². The Bertz CT molecular complexity index is 690. The van der Waals surface area contributed by atoms with E-state index in [-0.39, 0.29) is 11.5 Å². The van der Waals surface area contributed by atoms with Gasteiger partial charge in [0.25, 0.3) is 0 Å². The largest absolute Gasteiger partial charge is 0.224 e. The van der Waals surface area contributed by atoms with Crippen LogP contribution < -0.4 is 0 Å². The quantitative estimate of drug-likeness (QED) is 0.640. The predicted molar refractivity (Wildman–Crippen MR) is 75.3 cm³/mol. The van der Waals surface area contributed by atoms with Crippen molar-refractivity contribution >= 4 is 29.5 Å². The summed E-state index contributed by atoms with van der Waals surface area (Å²) in [4.78, 5) is -0.624. The van der Waals surface area contributed by atoms with Crippen LogP contribution in [0.2, 0.25) is 0 Å². The average Bonchev–Trinajstić information content (AvgIpc) is 2.34. The number of allylic oxidation sites excluding steroid dienone is 1. The second kappa shape index (κ2) is 6.49. The highest BCUT2D eigenvalue weighted by molar-refractivity contribution is 8.00. The molecule has 0 unspecified atom stereocenters. The predicted octanol–water partition coefficient (Wildman–Crippen LogP) is 0.769. The Labute approximate surface area is 114 Å². The van der Waals surface area contributed by atoms with Gasteiger partial charge in [0.1, 0.15) is 0 Å². The Hall–Kier alpha value is -0.930. The molecule has 0 aliphatic carbocycles. The standard InChI is InChI=1S/C10H16O6S3/c1-4-17(11,12)8-7-10(19(15,16)6-3)9-18(13,14)5-2/h6-9H,3-5H2,1-2H3. The van der Waals surface area contributed by atoms with Crippen molar-refractivity contribution in [3.8, 4) is 0 Å². The van der Waals surface area contributed by atoms with Crippen molar-refractivity contribution in [3.63, 3.8) is 0 Å². The molecule has 0 aliphatic rings. The highest BCUT2D eigenvalue weighted by Crippen LogP contribution is 2.14. The first-order chi connectivity index (χ1) is 8.49. The van der Waals surface area contributed by atoms with Gasteiger partial charge in [0.15, 0.2) is 29.5 Å². The van der Waals surface area contributed by atoms with Gasteiger partial charge in [-0.05, 0) is 6.08 Å². The summed E-state index contributed by atoms with van der Waals surface area (Å²) in [6.45, 7) is 5.79. The highest BCUT2D eigenvalue weighted by atomic mass is 32.2. The van der Waals surface area contributed by atoms with Gasteiger partial charge in [0.2, 0.25) is 0 Å². The lowest BCUT2D eigenvalue weighted by atomic mass is 10.6. The summed E-state index contributed by atoms with van der Waals surface area (Å²) >= 11 is 0. The molecule has 0 aliphatic heterocycles. The molecule has 0 radical (unpaired) electrons. The fourth-order valence-corrected chi connectivity index (χ4v) is 3.48. The maximum absolute atomic E-state index is 11.6. The van der Waals surface area contributed by atoms with E-state index in [1.54, 1.807) is 0 Å². The van der Waals surface area contributed by atoms with Crippen LogP contribution in [0.3, 0.4) is 0 Å². The fraction of sp³-hybridized carbons (Fsp3) is 0.400. The van der Waals surface area contributed by atoms with Gasteiger partial charge < -0.3 is 0 Å². The zero-order chi connectivity index (χ0) is 15.3. The molecule has 0 atom stereocenters. The van der Waals surface area contributed by atoms with Gasteiger partial charge in [0.05, 0.1) is 16.4 Å². The normalized spacial score (nSPS) is 14.7. The van der Waals surface area contributed by atoms with E-state index < -0.39 is 34.4 Å². The number of hydrogen-bond donors (Lipinski definition) is 0. The van der Waals surface area contributed by atoms with Crippen molar-refractivity contribution in [3.05, 3.63) is 33.8 Å². The number of sulfone groups is 3. The summed E-state index contributed by atoms with van der Waals surface area (Å²) in [5.74, 6) is -0.511. The van der Waals surface area contributed by atoms with Crippen molar-refractivity contribution in [2.75, 3.05) is 11.5 Å². The summed E-state index contributed by atoms with van der Waals surface area (Å²) < 4.78 is 68.6. The summed E-state index contributed by atoms with van der Waals surface area (Å²) in [6, 6.07) is 0. The first-order valence-electron chi connectivity index (χ1n) is 5.22. The second-order valence-corrected chi connectivity index (χ2v) is 9.65. The van der Waals surface area contributed by atoms with Gasteiger partial charge in [-0.25, -0.2) is 25.3 Å². The molecular formula is C10H16O6S3. The van der Waals surface area contributed by atoms with Crippen molar-refractivity contribution in [1.82, 2.24) is 0 Å². The lowest BCUT2D eigenvalue weighted by Gasteiger charge is -2.00. The van der Waals surface area contributed by atoms with Gasteiger partial charge in [-0.3, -0.25) is 0 Å². The fourth-order valence-electron chi connectivity index (χ4n) is 0.825. The van der Waals surface area contributed by atoms with Crippen LogP contribution in [-0.2, 0) is 29.5 Å². The van der Waals surface area contributed by atoms with Crippen LogP contribution in [0.5, 0.6) is 0 Å². The second-order valence-electron chi connectivity index (χ2n) is 3.44. The van der Waals surface area contributed by atoms with Crippen molar-refractivity contribution in [2.24, 2.45) is 0 Å². The van der Waals surface area contributed by atoms with Crippen LogP contribution in [0.15, 0.2) is 33.8 Å². The molecule has 0 saturated carbocycles. The van der Waals surface area contributed by atoms with Crippen molar-refractivity contribution < 1.29 is 25.3 Å². The minimum atomic E-state index is -4.04. The molecule has 0 fully saturated rings. The molecule has 110 valence electrons. The Morgan fingerprint density at radius 1 is 0.947 bits per heavy atom. The number of hydrogen-bond acceptors (Lipinski definition) is 6. The molecule has 0 heterocycles. The third-order valence-corrected chi connectivity index (χ3v) is 6.36. The summed E-state index contributed by atoms with van der Waals surface area (Å²) in [5, 5.41) is 1.77. The Kier molecular flexibility index (Phi) is 6.17. The third kappa shape index (κ3) is 6.17. The van der Waals surface area contributed by atoms with Crippen LogP contribution in [0.25, 0.3) is 0 Å². The summed E-state index contributed by atoms with van der Waals surface area (Å²) in [7, 11) is -11.3. The molecule has 6 nitrogen and oxygen atoms in total. The lowest BCUT2D eigenvalue weighted by molar-refractivity contribution is 0.602. The van der Waals surface area contributed by atoms with Gasteiger partial charge in [-0.2, -0.15) is 0 Å². The molecule has 0 saturated heterocycles. The molecule has 0 aromatic heterocycles. The average molecular weight is 328 g/mol. The van der Waals surface area contributed by atoms with Crippen LogP contribution in [0, 0.1) is 0 Å². The zero-order valence-corrected chi connectivity index (χ0v) is 13.1. The smallest absolute Gasteiger partial charge is 0.199 e. The molecular weight excluding hydrogens is 312 g/mol. The van der Waals surface area contributed by atoms with E-state index in [2.05, 4.69) is 6.58 Å². The van der Waals surface area contributed by atoms with Crippen LogP contribution in [0.4, 0.5) is 0 Å². The molecule has 0 N–H and O–H groups in total. The maximum atomic E-state index is 11.6. The molecule has 0 spiro atoms. The van der Waals surface area contributed by atoms with Gasteiger partial charge in [-0.1, -0.05) is 20.4 Å². The van der Waals surface area contributed by atoms with Crippen molar-refractivity contribution in [2.45, 2.75) is 13.8 Å². The third-order valence-electron chi connectivity index (χ3n) is 2.09. The summed E-state index contributed by atoms with van der Waals surface area (Å²) in [6.07, 6.45) is 0.753. The molecule has 0 aromatic rings. The van der Waals surface area contributed by atoms with E-state index in [4.69, 9.17) is 0 Å². The monoisotopic (exact) mass is 328 g/mol. The van der Waals surface area contributed by atoms with Crippen LogP contribution in [-0.4, -0.2) is 36.8 Å². The first kappa shape index (κ1) is 18.1. The molecule has 0 rings (SSSR count). The SMILES string of the molecule is C=CS(=O)(=O)C(C=CS(=O)(=O)CC)=CS(=O)(=O)CC. The van der Waals surface area contributed by atoms with E-state index >= 15 is 0 Å². The van der Waals surface area contributed by atoms with Crippen molar-refractivity contribution in [1.29, 1.82) is 0 Å². The molecule has 0 amide bonds. The number of rotatable bonds is 7. The molecule has 9 heteroatoms. The van der Waals surface area contributed by atoms with E-state index in [1.807, 2.05) is 0 Å². The van der Waals surface area contributed by atoms with Crippen LogP contribution in [0.1, 0.15) is 13.8 Å². The van der Waals surface area contributed by atoms with Crippen LogP contribution >= 0.6 is 0 Å².